The first-order chi connectivity index (χ1) is 9.92. The molecule has 0 amide bonds. The first-order valence-corrected chi connectivity index (χ1v) is 7.37. The van der Waals surface area contributed by atoms with Crippen LogP contribution in [0.5, 0.6) is 0 Å². The van der Waals surface area contributed by atoms with Crippen molar-refractivity contribution in [2.75, 3.05) is 18.0 Å². The summed E-state index contributed by atoms with van der Waals surface area (Å²) >= 11 is 0. The van der Waals surface area contributed by atoms with Gasteiger partial charge < -0.3 is 15.1 Å². The molecule has 0 saturated carbocycles. The monoisotopic (exact) mass is 293 g/mol. The molecular weight excluding hydrogens is 270 g/mol. The lowest BCUT2D eigenvalue weighted by Gasteiger charge is -2.44. The molecule has 0 aliphatic carbocycles. The lowest BCUT2D eigenvalue weighted by Crippen LogP contribution is -2.56. The van der Waals surface area contributed by atoms with E-state index in [0.29, 0.717) is 19.4 Å². The minimum absolute atomic E-state index is 0.286. The molecule has 1 aromatic heterocycles. The van der Waals surface area contributed by atoms with Gasteiger partial charge in [-0.05, 0) is 26.7 Å². The van der Waals surface area contributed by atoms with Crippen LogP contribution in [-0.4, -0.2) is 45.3 Å². The van der Waals surface area contributed by atoms with Crippen LogP contribution in [0.1, 0.15) is 37.4 Å². The maximum atomic E-state index is 11.8. The van der Waals surface area contributed by atoms with Gasteiger partial charge in [-0.3, -0.25) is 4.79 Å². The maximum absolute atomic E-state index is 11.8. The summed E-state index contributed by atoms with van der Waals surface area (Å²) in [4.78, 5) is 22.2. The predicted octanol–water partition coefficient (Wildman–Crippen LogP) is 1.54. The molecule has 0 aromatic carbocycles. The first kappa shape index (κ1) is 15.7. The van der Waals surface area contributed by atoms with Gasteiger partial charge in [-0.25, -0.2) is 9.97 Å². The third-order valence-corrected chi connectivity index (χ3v) is 4.51. The van der Waals surface area contributed by atoms with E-state index in [1.807, 2.05) is 25.7 Å². The van der Waals surface area contributed by atoms with Crippen molar-refractivity contribution in [1.82, 2.24) is 9.97 Å². The molecule has 1 aliphatic heterocycles. The van der Waals surface area contributed by atoms with Crippen molar-refractivity contribution in [2.45, 2.75) is 46.1 Å². The van der Waals surface area contributed by atoms with E-state index in [0.717, 1.165) is 23.5 Å². The number of aliphatic hydroxyl groups excluding tert-OH is 1. The Morgan fingerprint density at radius 2 is 2.19 bits per heavy atom. The highest BCUT2D eigenvalue weighted by Crippen LogP contribution is 2.37. The van der Waals surface area contributed by atoms with E-state index < -0.39 is 17.5 Å². The van der Waals surface area contributed by atoms with E-state index in [1.165, 1.54) is 6.33 Å². The number of anilines is 1. The molecular formula is C15H23N3O3. The Labute approximate surface area is 124 Å². The number of hydrogen-bond donors (Lipinski definition) is 2. The Morgan fingerprint density at radius 3 is 2.81 bits per heavy atom. The summed E-state index contributed by atoms with van der Waals surface area (Å²) in [6.45, 7) is 6.69. The number of piperidine rings is 1. The first-order valence-electron chi connectivity index (χ1n) is 7.37. The minimum Gasteiger partial charge on any atom is -0.481 e. The Kier molecular flexibility index (Phi) is 4.46. The van der Waals surface area contributed by atoms with Crippen molar-refractivity contribution >= 4 is 11.8 Å². The summed E-state index contributed by atoms with van der Waals surface area (Å²) in [5, 5.41) is 19.9. The number of aliphatic carboxylic acids is 1. The molecule has 1 saturated heterocycles. The molecule has 2 heterocycles. The second kappa shape index (κ2) is 5.97. The molecule has 21 heavy (non-hydrogen) atoms. The molecule has 0 unspecified atom stereocenters. The average Bonchev–Trinajstić information content (AvgIpc) is 2.44. The summed E-state index contributed by atoms with van der Waals surface area (Å²) < 4.78 is 0. The number of carboxylic acids is 1. The van der Waals surface area contributed by atoms with Crippen LogP contribution in [0.15, 0.2) is 6.33 Å². The Balaban J connectivity index is 2.36. The predicted molar refractivity (Wildman–Crippen MR) is 79.3 cm³/mol. The summed E-state index contributed by atoms with van der Waals surface area (Å²) in [5.41, 5.74) is 0.741. The van der Waals surface area contributed by atoms with Gasteiger partial charge in [-0.15, -0.1) is 0 Å². The van der Waals surface area contributed by atoms with Crippen molar-refractivity contribution in [3.63, 3.8) is 0 Å². The summed E-state index contributed by atoms with van der Waals surface area (Å²) in [7, 11) is 0. The number of carbonyl (C=O) groups is 1. The van der Waals surface area contributed by atoms with Gasteiger partial charge >= 0.3 is 5.97 Å². The zero-order chi connectivity index (χ0) is 15.6. The highest BCUT2D eigenvalue weighted by Gasteiger charge is 2.48. The molecule has 2 N–H and O–H groups in total. The Bertz CT molecular complexity index is 535. The van der Waals surface area contributed by atoms with Crippen LogP contribution in [0.4, 0.5) is 5.82 Å². The van der Waals surface area contributed by atoms with Crippen molar-refractivity contribution in [1.29, 1.82) is 0 Å². The molecule has 0 radical (unpaired) electrons. The van der Waals surface area contributed by atoms with Gasteiger partial charge in [-0.1, -0.05) is 13.3 Å². The highest BCUT2D eigenvalue weighted by atomic mass is 16.4. The largest absolute Gasteiger partial charge is 0.481 e. The third kappa shape index (κ3) is 2.72. The fourth-order valence-corrected chi connectivity index (χ4v) is 3.11. The molecule has 0 spiro atoms. The topological polar surface area (TPSA) is 86.5 Å². The van der Waals surface area contributed by atoms with Gasteiger partial charge in [0.1, 0.15) is 17.6 Å². The number of aromatic nitrogens is 2. The third-order valence-electron chi connectivity index (χ3n) is 4.51. The maximum Gasteiger partial charge on any atom is 0.314 e. The number of aryl methyl sites for hydroxylation is 1. The summed E-state index contributed by atoms with van der Waals surface area (Å²) in [6.07, 6.45) is 2.32. The Morgan fingerprint density at radius 1 is 1.48 bits per heavy atom. The number of carboxylic acid groups (broad SMARTS) is 1. The van der Waals surface area contributed by atoms with Gasteiger partial charge in [0.25, 0.3) is 0 Å². The fourth-order valence-electron chi connectivity index (χ4n) is 3.11. The van der Waals surface area contributed by atoms with E-state index in [2.05, 4.69) is 9.97 Å². The second-order valence-electron chi connectivity index (χ2n) is 5.85. The molecule has 116 valence electrons. The quantitative estimate of drug-likeness (QED) is 0.875. The lowest BCUT2D eigenvalue weighted by molar-refractivity contribution is -0.158. The minimum atomic E-state index is -1.11. The zero-order valence-electron chi connectivity index (χ0n) is 12.8. The number of hydrogen-bond acceptors (Lipinski definition) is 5. The van der Waals surface area contributed by atoms with Crippen LogP contribution in [0.3, 0.4) is 0 Å². The van der Waals surface area contributed by atoms with Crippen molar-refractivity contribution < 1.29 is 15.0 Å². The van der Waals surface area contributed by atoms with E-state index in [-0.39, 0.29) is 6.54 Å². The standard InChI is InChI=1S/C15H23N3O3/c1-4-6-15(14(20)21)8-18(7-5-12(15)19)13-10(2)11(3)16-9-17-13/h9,12,19H,4-8H2,1-3H3,(H,20,21)/t12-,15+/m0/s1. The highest BCUT2D eigenvalue weighted by molar-refractivity contribution is 5.77. The van der Waals surface area contributed by atoms with Crippen molar-refractivity contribution in [3.8, 4) is 0 Å². The molecule has 1 aromatic rings. The van der Waals surface area contributed by atoms with Gasteiger partial charge in [0.15, 0.2) is 0 Å². The number of rotatable bonds is 4. The summed E-state index contributed by atoms with van der Waals surface area (Å²) in [6, 6.07) is 0. The smallest absolute Gasteiger partial charge is 0.314 e. The average molecular weight is 293 g/mol. The normalized spacial score (nSPS) is 25.9. The summed E-state index contributed by atoms with van der Waals surface area (Å²) in [5.74, 6) is -0.152. The molecule has 0 bridgehead atoms. The lowest BCUT2D eigenvalue weighted by atomic mass is 9.74. The van der Waals surface area contributed by atoms with E-state index in [4.69, 9.17) is 0 Å². The van der Waals surface area contributed by atoms with E-state index in [1.54, 1.807) is 0 Å². The van der Waals surface area contributed by atoms with Gasteiger partial charge in [-0.2, -0.15) is 0 Å². The van der Waals surface area contributed by atoms with Crippen molar-refractivity contribution in [3.05, 3.63) is 17.6 Å². The van der Waals surface area contributed by atoms with Crippen LogP contribution >= 0.6 is 0 Å². The van der Waals surface area contributed by atoms with Gasteiger partial charge in [0, 0.05) is 24.3 Å². The SMILES string of the molecule is CCC[C@@]1(C(=O)O)CN(c2ncnc(C)c2C)CC[C@@H]1O. The molecule has 6 heteroatoms. The fraction of sp³-hybridized carbons (Fsp3) is 0.667. The van der Waals surface area contributed by atoms with Gasteiger partial charge in [0.05, 0.1) is 6.10 Å². The van der Waals surface area contributed by atoms with Crippen molar-refractivity contribution in [2.24, 2.45) is 5.41 Å². The van der Waals surface area contributed by atoms with Crippen LogP contribution < -0.4 is 4.90 Å². The second-order valence-corrected chi connectivity index (χ2v) is 5.85. The number of nitrogens with zero attached hydrogens (tertiary/aromatic N) is 3. The van der Waals surface area contributed by atoms with Gasteiger partial charge in [0.2, 0.25) is 0 Å². The molecule has 1 aliphatic rings. The number of aliphatic hydroxyl groups is 1. The zero-order valence-corrected chi connectivity index (χ0v) is 12.8. The van der Waals surface area contributed by atoms with Crippen LogP contribution in [-0.2, 0) is 4.79 Å². The Hall–Kier alpha value is -1.69. The molecule has 1 fully saturated rings. The van der Waals surface area contributed by atoms with E-state index >= 15 is 0 Å². The molecule has 6 nitrogen and oxygen atoms in total. The molecule has 2 rings (SSSR count). The van der Waals surface area contributed by atoms with E-state index in [9.17, 15) is 15.0 Å². The van der Waals surface area contributed by atoms with Crippen LogP contribution in [0.25, 0.3) is 0 Å². The van der Waals surface area contributed by atoms with Crippen LogP contribution in [0.2, 0.25) is 0 Å². The van der Waals surface area contributed by atoms with Crippen LogP contribution in [0, 0.1) is 19.3 Å². The molecule has 2 atom stereocenters.